The number of nitrogens with zero attached hydrogens (tertiary/aromatic N) is 1. The molecule has 1 N–H and O–H groups in total. The molecular weight excluding hydrogens is 267 g/mol. The van der Waals surface area contributed by atoms with Crippen molar-refractivity contribution >= 4 is 11.6 Å². The summed E-state index contributed by atoms with van der Waals surface area (Å²) in [7, 11) is 0. The van der Waals surface area contributed by atoms with Crippen LogP contribution in [0.25, 0.3) is 0 Å². The van der Waals surface area contributed by atoms with Crippen LogP contribution in [0.15, 0.2) is 48.5 Å². The van der Waals surface area contributed by atoms with Crippen LogP contribution in [0.5, 0.6) is 0 Å². The SMILES string of the molecule is CCC(C(=O)Nc1ccc(F)c(C#N)c1)c1ccccc1. The second-order valence-electron chi connectivity index (χ2n) is 4.67. The van der Waals surface area contributed by atoms with Crippen LogP contribution in [0, 0.1) is 17.1 Å². The van der Waals surface area contributed by atoms with Crippen molar-refractivity contribution in [3.8, 4) is 6.07 Å². The molecule has 0 spiro atoms. The fourth-order valence-electron chi connectivity index (χ4n) is 2.18. The first-order chi connectivity index (χ1) is 10.2. The maximum absolute atomic E-state index is 13.3. The summed E-state index contributed by atoms with van der Waals surface area (Å²) in [6.07, 6.45) is 0.655. The predicted molar refractivity (Wildman–Crippen MR) is 79.2 cm³/mol. The van der Waals surface area contributed by atoms with Crippen molar-refractivity contribution in [2.24, 2.45) is 0 Å². The summed E-state index contributed by atoms with van der Waals surface area (Å²) in [5, 5.41) is 11.5. The molecule has 106 valence electrons. The molecule has 0 aliphatic heterocycles. The first-order valence-corrected chi connectivity index (χ1v) is 6.71. The van der Waals surface area contributed by atoms with Gasteiger partial charge in [0.15, 0.2) is 0 Å². The molecule has 21 heavy (non-hydrogen) atoms. The third kappa shape index (κ3) is 3.46. The Bertz CT molecular complexity index is 677. The van der Waals surface area contributed by atoms with Gasteiger partial charge in [-0.25, -0.2) is 4.39 Å². The van der Waals surface area contributed by atoms with Gasteiger partial charge in [0.25, 0.3) is 0 Å². The Morgan fingerprint density at radius 3 is 2.62 bits per heavy atom. The van der Waals surface area contributed by atoms with E-state index in [-0.39, 0.29) is 17.4 Å². The van der Waals surface area contributed by atoms with E-state index in [1.165, 1.54) is 18.2 Å². The lowest BCUT2D eigenvalue weighted by Gasteiger charge is -2.15. The molecule has 0 saturated heterocycles. The van der Waals surface area contributed by atoms with Gasteiger partial charge in [-0.2, -0.15) is 5.26 Å². The van der Waals surface area contributed by atoms with Gasteiger partial charge in [-0.3, -0.25) is 4.79 Å². The Hall–Kier alpha value is -2.67. The molecule has 0 aromatic heterocycles. The number of hydrogen-bond acceptors (Lipinski definition) is 2. The number of amides is 1. The van der Waals surface area contributed by atoms with E-state index in [0.717, 1.165) is 5.56 Å². The summed E-state index contributed by atoms with van der Waals surface area (Å²) in [6, 6.07) is 15.2. The first-order valence-electron chi connectivity index (χ1n) is 6.71. The van der Waals surface area contributed by atoms with Gasteiger partial charge in [0.1, 0.15) is 11.9 Å². The molecule has 0 bridgehead atoms. The smallest absolute Gasteiger partial charge is 0.231 e. The lowest BCUT2D eigenvalue weighted by Crippen LogP contribution is -2.20. The molecule has 2 rings (SSSR count). The molecular formula is C17H15FN2O. The maximum atomic E-state index is 13.3. The molecule has 0 aliphatic rings. The molecule has 0 heterocycles. The molecule has 4 heteroatoms. The Labute approximate surface area is 123 Å². The Kier molecular flexibility index (Phi) is 4.68. The van der Waals surface area contributed by atoms with Crippen LogP contribution in [-0.4, -0.2) is 5.91 Å². The number of hydrogen-bond donors (Lipinski definition) is 1. The van der Waals surface area contributed by atoms with E-state index in [1.807, 2.05) is 37.3 Å². The van der Waals surface area contributed by atoms with Gasteiger partial charge < -0.3 is 5.32 Å². The molecule has 0 saturated carbocycles. The molecule has 1 amide bonds. The van der Waals surface area contributed by atoms with Gasteiger partial charge >= 0.3 is 0 Å². The summed E-state index contributed by atoms with van der Waals surface area (Å²) in [6.45, 7) is 1.93. The monoisotopic (exact) mass is 282 g/mol. The molecule has 1 unspecified atom stereocenters. The zero-order valence-corrected chi connectivity index (χ0v) is 11.6. The summed E-state index contributed by atoms with van der Waals surface area (Å²) in [4.78, 5) is 12.3. The molecule has 0 fully saturated rings. The standard InChI is InChI=1S/C17H15FN2O/c1-2-15(12-6-4-3-5-7-12)17(21)20-14-8-9-16(18)13(10-14)11-19/h3-10,15H,2H2,1H3,(H,20,21). The molecule has 2 aromatic rings. The van der Waals surface area contributed by atoms with E-state index >= 15 is 0 Å². The van der Waals surface area contributed by atoms with Crippen LogP contribution in [0.1, 0.15) is 30.4 Å². The van der Waals surface area contributed by atoms with Gasteiger partial charge in [-0.05, 0) is 30.2 Å². The van der Waals surface area contributed by atoms with E-state index in [1.54, 1.807) is 6.07 Å². The van der Waals surface area contributed by atoms with Crippen LogP contribution >= 0.6 is 0 Å². The van der Waals surface area contributed by atoms with Crippen LogP contribution in [0.3, 0.4) is 0 Å². The van der Waals surface area contributed by atoms with Gasteiger partial charge in [0, 0.05) is 5.69 Å². The number of nitriles is 1. The van der Waals surface area contributed by atoms with Crippen LogP contribution in [0.4, 0.5) is 10.1 Å². The number of carbonyl (C=O) groups excluding carboxylic acids is 1. The van der Waals surface area contributed by atoms with Crippen molar-refractivity contribution in [2.45, 2.75) is 19.3 Å². The number of benzene rings is 2. The zero-order valence-electron chi connectivity index (χ0n) is 11.6. The maximum Gasteiger partial charge on any atom is 0.231 e. The van der Waals surface area contributed by atoms with Gasteiger partial charge in [-0.15, -0.1) is 0 Å². The van der Waals surface area contributed by atoms with Crippen LogP contribution in [0.2, 0.25) is 0 Å². The number of rotatable bonds is 4. The predicted octanol–water partition coefficient (Wildman–Crippen LogP) is 3.83. The van der Waals surface area contributed by atoms with Crippen molar-refractivity contribution < 1.29 is 9.18 Å². The minimum atomic E-state index is -0.592. The Morgan fingerprint density at radius 1 is 1.29 bits per heavy atom. The minimum absolute atomic E-state index is 0.0828. The average molecular weight is 282 g/mol. The largest absolute Gasteiger partial charge is 0.326 e. The quantitative estimate of drug-likeness (QED) is 0.926. The van der Waals surface area contributed by atoms with Gasteiger partial charge in [0.05, 0.1) is 11.5 Å². The molecule has 3 nitrogen and oxygen atoms in total. The van der Waals surface area contributed by atoms with E-state index in [9.17, 15) is 9.18 Å². The third-order valence-corrected chi connectivity index (χ3v) is 3.28. The summed E-state index contributed by atoms with van der Waals surface area (Å²) >= 11 is 0. The number of nitrogens with one attached hydrogen (secondary N) is 1. The van der Waals surface area contributed by atoms with Crippen molar-refractivity contribution in [1.29, 1.82) is 5.26 Å². The minimum Gasteiger partial charge on any atom is -0.326 e. The molecule has 2 aromatic carbocycles. The second-order valence-corrected chi connectivity index (χ2v) is 4.67. The van der Waals surface area contributed by atoms with E-state index in [4.69, 9.17) is 5.26 Å². The fraction of sp³-hybridized carbons (Fsp3) is 0.176. The fourth-order valence-corrected chi connectivity index (χ4v) is 2.18. The Balaban J connectivity index is 2.19. The van der Waals surface area contributed by atoms with E-state index < -0.39 is 5.82 Å². The molecule has 1 atom stereocenters. The number of anilines is 1. The highest BCUT2D eigenvalue weighted by Gasteiger charge is 2.18. The number of halogens is 1. The third-order valence-electron chi connectivity index (χ3n) is 3.28. The lowest BCUT2D eigenvalue weighted by atomic mass is 9.95. The van der Waals surface area contributed by atoms with Crippen LogP contribution in [-0.2, 0) is 4.79 Å². The lowest BCUT2D eigenvalue weighted by molar-refractivity contribution is -0.117. The van der Waals surface area contributed by atoms with Crippen LogP contribution < -0.4 is 5.32 Å². The first kappa shape index (κ1) is 14.7. The van der Waals surface area contributed by atoms with Crippen molar-refractivity contribution in [1.82, 2.24) is 0 Å². The average Bonchev–Trinajstić information content (AvgIpc) is 2.51. The topological polar surface area (TPSA) is 52.9 Å². The van der Waals surface area contributed by atoms with E-state index in [2.05, 4.69) is 5.32 Å². The highest BCUT2D eigenvalue weighted by molar-refractivity contribution is 5.95. The summed E-state index contributed by atoms with van der Waals surface area (Å²) < 4.78 is 13.3. The highest BCUT2D eigenvalue weighted by Crippen LogP contribution is 2.22. The molecule has 0 radical (unpaired) electrons. The number of carbonyl (C=O) groups is 1. The van der Waals surface area contributed by atoms with Gasteiger partial charge in [0.2, 0.25) is 5.91 Å². The van der Waals surface area contributed by atoms with Crippen molar-refractivity contribution in [3.05, 3.63) is 65.5 Å². The highest BCUT2D eigenvalue weighted by atomic mass is 19.1. The zero-order chi connectivity index (χ0) is 15.2. The summed E-state index contributed by atoms with van der Waals surface area (Å²) in [5.41, 5.74) is 1.27. The second kappa shape index (κ2) is 6.67. The molecule has 0 aliphatic carbocycles. The van der Waals surface area contributed by atoms with Crippen molar-refractivity contribution in [3.63, 3.8) is 0 Å². The van der Waals surface area contributed by atoms with Gasteiger partial charge in [-0.1, -0.05) is 37.3 Å². The Morgan fingerprint density at radius 2 is 2.00 bits per heavy atom. The normalized spacial score (nSPS) is 11.5. The van der Waals surface area contributed by atoms with Crippen molar-refractivity contribution in [2.75, 3.05) is 5.32 Å². The van der Waals surface area contributed by atoms with E-state index in [0.29, 0.717) is 12.1 Å². The summed E-state index contributed by atoms with van der Waals surface area (Å²) in [5.74, 6) is -1.04.